The molecule has 2 aromatic rings. The average Bonchev–Trinajstić information content (AvgIpc) is 3.11. The molecule has 2 amide bonds. The van der Waals surface area contributed by atoms with E-state index in [9.17, 15) is 9.59 Å². The highest BCUT2D eigenvalue weighted by atomic mass is 16.5. The highest BCUT2D eigenvalue weighted by Gasteiger charge is 2.26. The molecular formula is C20H24N2O5. The van der Waals surface area contributed by atoms with Gasteiger partial charge in [-0.25, -0.2) is 0 Å². The Labute approximate surface area is 158 Å². The lowest BCUT2D eigenvalue weighted by atomic mass is 10.1. The molecule has 3 rings (SSSR count). The quantitative estimate of drug-likeness (QED) is 0.825. The van der Waals surface area contributed by atoms with Crippen molar-refractivity contribution in [2.75, 3.05) is 40.4 Å². The molecule has 0 bridgehead atoms. The zero-order valence-electron chi connectivity index (χ0n) is 15.9. The van der Waals surface area contributed by atoms with Gasteiger partial charge in [0.15, 0.2) is 17.3 Å². The maximum absolute atomic E-state index is 13.1. The maximum Gasteiger partial charge on any atom is 0.289 e. The van der Waals surface area contributed by atoms with Crippen molar-refractivity contribution in [3.63, 3.8) is 0 Å². The first-order chi connectivity index (χ1) is 13.0. The predicted molar refractivity (Wildman–Crippen MR) is 99.4 cm³/mol. The normalized spacial score (nSPS) is 14.6. The fourth-order valence-corrected chi connectivity index (χ4v) is 3.26. The Kier molecular flexibility index (Phi) is 5.69. The van der Waals surface area contributed by atoms with E-state index in [1.807, 2.05) is 6.92 Å². The number of hydrogen-bond acceptors (Lipinski definition) is 5. The summed E-state index contributed by atoms with van der Waals surface area (Å²) in [5.41, 5.74) is 1.41. The van der Waals surface area contributed by atoms with Gasteiger partial charge in [-0.1, -0.05) is 0 Å². The summed E-state index contributed by atoms with van der Waals surface area (Å²) in [7, 11) is 3.11. The molecule has 7 nitrogen and oxygen atoms in total. The van der Waals surface area contributed by atoms with Crippen LogP contribution < -0.4 is 9.47 Å². The SMILES string of the molecule is COc1cc(C)c(C(=O)N2CCCN(C(=O)c3ccco3)CC2)cc1OC. The lowest BCUT2D eigenvalue weighted by Crippen LogP contribution is -2.37. The van der Waals surface area contributed by atoms with E-state index in [0.717, 1.165) is 5.56 Å². The summed E-state index contributed by atoms with van der Waals surface area (Å²) in [6.07, 6.45) is 2.20. The summed E-state index contributed by atoms with van der Waals surface area (Å²) in [5.74, 6) is 1.23. The van der Waals surface area contributed by atoms with Gasteiger partial charge in [0, 0.05) is 31.7 Å². The number of rotatable bonds is 4. The minimum absolute atomic E-state index is 0.0687. The van der Waals surface area contributed by atoms with E-state index in [-0.39, 0.29) is 11.8 Å². The number of furan rings is 1. The lowest BCUT2D eigenvalue weighted by Gasteiger charge is -2.23. The molecule has 1 aromatic carbocycles. The average molecular weight is 372 g/mol. The van der Waals surface area contributed by atoms with Gasteiger partial charge in [0.2, 0.25) is 0 Å². The second-order valence-electron chi connectivity index (χ2n) is 6.44. The number of benzene rings is 1. The molecule has 0 radical (unpaired) electrons. The van der Waals surface area contributed by atoms with Crippen molar-refractivity contribution in [2.45, 2.75) is 13.3 Å². The van der Waals surface area contributed by atoms with Gasteiger partial charge < -0.3 is 23.7 Å². The summed E-state index contributed by atoms with van der Waals surface area (Å²) in [6.45, 7) is 4.00. The van der Waals surface area contributed by atoms with Gasteiger partial charge in [-0.05, 0) is 43.2 Å². The molecule has 0 atom stereocenters. The number of carbonyl (C=O) groups excluding carboxylic acids is 2. The molecule has 7 heteroatoms. The van der Waals surface area contributed by atoms with Gasteiger partial charge in [0.1, 0.15) is 0 Å². The molecule has 2 heterocycles. The molecule has 1 aliphatic rings. The van der Waals surface area contributed by atoms with E-state index in [4.69, 9.17) is 13.9 Å². The number of methoxy groups -OCH3 is 2. The van der Waals surface area contributed by atoms with E-state index in [2.05, 4.69) is 0 Å². The van der Waals surface area contributed by atoms with E-state index < -0.39 is 0 Å². The zero-order valence-corrected chi connectivity index (χ0v) is 15.9. The van der Waals surface area contributed by atoms with Crippen molar-refractivity contribution in [1.29, 1.82) is 0 Å². The number of aryl methyl sites for hydroxylation is 1. The fourth-order valence-electron chi connectivity index (χ4n) is 3.26. The van der Waals surface area contributed by atoms with E-state index >= 15 is 0 Å². The van der Waals surface area contributed by atoms with Crippen LogP contribution in [0.25, 0.3) is 0 Å². The van der Waals surface area contributed by atoms with Gasteiger partial charge in [-0.15, -0.1) is 0 Å². The van der Waals surface area contributed by atoms with Gasteiger partial charge in [-0.2, -0.15) is 0 Å². The number of ether oxygens (including phenoxy) is 2. The number of hydrogen-bond donors (Lipinski definition) is 0. The van der Waals surface area contributed by atoms with Crippen molar-refractivity contribution >= 4 is 11.8 Å². The summed E-state index contributed by atoms with van der Waals surface area (Å²) >= 11 is 0. The smallest absolute Gasteiger partial charge is 0.289 e. The second kappa shape index (κ2) is 8.16. The van der Waals surface area contributed by atoms with E-state index in [1.165, 1.54) is 6.26 Å². The van der Waals surface area contributed by atoms with Crippen LogP contribution in [0.3, 0.4) is 0 Å². The third-order valence-corrected chi connectivity index (χ3v) is 4.76. The summed E-state index contributed by atoms with van der Waals surface area (Å²) in [6, 6.07) is 6.87. The Morgan fingerprint density at radius 3 is 2.19 bits per heavy atom. The van der Waals surface area contributed by atoms with Crippen molar-refractivity contribution < 1.29 is 23.5 Å². The standard InChI is InChI=1S/C20H24N2O5/c1-14-12-17(25-2)18(26-3)13-15(14)19(23)21-7-5-8-22(10-9-21)20(24)16-6-4-11-27-16/h4,6,11-13H,5,7-10H2,1-3H3. The molecule has 144 valence electrons. The van der Waals surface area contributed by atoms with Crippen LogP contribution in [-0.2, 0) is 0 Å². The molecule has 0 aliphatic carbocycles. The monoisotopic (exact) mass is 372 g/mol. The van der Waals surface area contributed by atoms with Crippen molar-refractivity contribution in [3.05, 3.63) is 47.4 Å². The van der Waals surface area contributed by atoms with Gasteiger partial charge in [-0.3, -0.25) is 9.59 Å². The molecule has 0 unspecified atom stereocenters. The molecule has 1 aromatic heterocycles. The molecule has 0 spiro atoms. The summed E-state index contributed by atoms with van der Waals surface area (Å²) < 4.78 is 15.8. The topological polar surface area (TPSA) is 72.2 Å². The molecule has 1 fully saturated rings. The maximum atomic E-state index is 13.1. The molecule has 1 aliphatic heterocycles. The highest BCUT2D eigenvalue weighted by molar-refractivity contribution is 5.96. The second-order valence-corrected chi connectivity index (χ2v) is 6.44. The van der Waals surface area contributed by atoms with Crippen LogP contribution in [-0.4, -0.2) is 62.0 Å². The van der Waals surface area contributed by atoms with Crippen LogP contribution in [0.4, 0.5) is 0 Å². The molecule has 1 saturated heterocycles. The highest BCUT2D eigenvalue weighted by Crippen LogP contribution is 2.31. The number of amides is 2. The Morgan fingerprint density at radius 1 is 0.963 bits per heavy atom. The largest absolute Gasteiger partial charge is 0.493 e. The molecule has 0 saturated carbocycles. The molecular weight excluding hydrogens is 348 g/mol. The minimum atomic E-state index is -0.142. The first-order valence-electron chi connectivity index (χ1n) is 8.89. The fraction of sp³-hybridized carbons (Fsp3) is 0.400. The zero-order chi connectivity index (χ0) is 19.4. The first-order valence-corrected chi connectivity index (χ1v) is 8.89. The van der Waals surface area contributed by atoms with Crippen molar-refractivity contribution in [3.8, 4) is 11.5 Å². The van der Waals surface area contributed by atoms with Crippen LogP contribution in [0.1, 0.15) is 32.9 Å². The third-order valence-electron chi connectivity index (χ3n) is 4.76. The van der Waals surface area contributed by atoms with Crippen molar-refractivity contribution in [2.24, 2.45) is 0 Å². The Morgan fingerprint density at radius 2 is 1.59 bits per heavy atom. The van der Waals surface area contributed by atoms with Crippen LogP contribution in [0.15, 0.2) is 34.9 Å². The van der Waals surface area contributed by atoms with E-state index in [0.29, 0.717) is 55.4 Å². The number of nitrogens with zero attached hydrogens (tertiary/aromatic N) is 2. The Balaban J connectivity index is 1.74. The Hall–Kier alpha value is -2.96. The lowest BCUT2D eigenvalue weighted by molar-refractivity contribution is 0.0699. The third kappa shape index (κ3) is 3.92. The summed E-state index contributed by atoms with van der Waals surface area (Å²) in [5, 5.41) is 0. The van der Waals surface area contributed by atoms with Gasteiger partial charge >= 0.3 is 0 Å². The predicted octanol–water partition coefficient (Wildman–Crippen LogP) is 2.59. The van der Waals surface area contributed by atoms with Crippen LogP contribution in [0, 0.1) is 6.92 Å². The first kappa shape index (κ1) is 18.8. The number of carbonyl (C=O) groups is 2. The van der Waals surface area contributed by atoms with Crippen LogP contribution >= 0.6 is 0 Å². The Bertz CT molecular complexity index is 816. The van der Waals surface area contributed by atoms with Crippen LogP contribution in [0.2, 0.25) is 0 Å². The molecule has 27 heavy (non-hydrogen) atoms. The summed E-state index contributed by atoms with van der Waals surface area (Å²) in [4.78, 5) is 29.0. The molecule has 0 N–H and O–H groups in total. The van der Waals surface area contributed by atoms with Crippen LogP contribution in [0.5, 0.6) is 11.5 Å². The van der Waals surface area contributed by atoms with Gasteiger partial charge in [0.25, 0.3) is 11.8 Å². The minimum Gasteiger partial charge on any atom is -0.493 e. The van der Waals surface area contributed by atoms with Gasteiger partial charge in [0.05, 0.1) is 20.5 Å². The van der Waals surface area contributed by atoms with Crippen molar-refractivity contribution in [1.82, 2.24) is 9.80 Å². The van der Waals surface area contributed by atoms with E-state index in [1.54, 1.807) is 48.3 Å².